The quantitative estimate of drug-likeness (QED) is 0.752. The minimum Gasteiger partial charge on any atom is -0.474 e. The van der Waals surface area contributed by atoms with Crippen molar-refractivity contribution in [3.05, 3.63) is 24.7 Å². The topological polar surface area (TPSA) is 97.7 Å². The van der Waals surface area contributed by atoms with Gasteiger partial charge in [0.05, 0.1) is 22.8 Å². The number of carbonyl (C=O) groups excluding carboxylic acids is 1. The van der Waals surface area contributed by atoms with Crippen LogP contribution < -0.4 is 10.1 Å². The zero-order valence-electron chi connectivity index (χ0n) is 13.5. The van der Waals surface area contributed by atoms with Crippen molar-refractivity contribution < 1.29 is 9.53 Å². The highest BCUT2D eigenvalue weighted by Gasteiger charge is 2.28. The number of nitrogens with one attached hydrogen (secondary N) is 2. The van der Waals surface area contributed by atoms with Crippen molar-refractivity contribution in [1.82, 2.24) is 30.3 Å². The molecule has 0 bridgehead atoms. The lowest BCUT2D eigenvalue weighted by molar-refractivity contribution is -0.119. The molecule has 2 atom stereocenters. The molecule has 24 heavy (non-hydrogen) atoms. The molecular formula is C16H18N6O2. The van der Waals surface area contributed by atoms with Gasteiger partial charge in [0.15, 0.2) is 0 Å². The van der Waals surface area contributed by atoms with Crippen LogP contribution in [0.3, 0.4) is 0 Å². The maximum Gasteiger partial charge on any atom is 0.225 e. The van der Waals surface area contributed by atoms with Crippen molar-refractivity contribution in [2.45, 2.75) is 19.4 Å². The number of carbonyl (C=O) groups is 1. The van der Waals surface area contributed by atoms with Crippen molar-refractivity contribution in [2.24, 2.45) is 13.0 Å². The minimum atomic E-state index is -0.126. The van der Waals surface area contributed by atoms with Crippen LogP contribution in [0.25, 0.3) is 22.2 Å². The van der Waals surface area contributed by atoms with E-state index in [9.17, 15) is 4.79 Å². The van der Waals surface area contributed by atoms with Crippen molar-refractivity contribution in [1.29, 1.82) is 0 Å². The predicted octanol–water partition coefficient (Wildman–Crippen LogP) is 1.26. The fourth-order valence-corrected chi connectivity index (χ4v) is 2.97. The lowest BCUT2D eigenvalue weighted by atomic mass is 10.0. The summed E-state index contributed by atoms with van der Waals surface area (Å²) in [7, 11) is 1.87. The SMILES string of the molecule is C[C@@H](Oc1nc(-c2cn[nH]c2)cc2nn(C)cc12)[C@H]1CNC(=O)C1. The molecule has 0 aliphatic carbocycles. The van der Waals surface area contributed by atoms with Crippen LogP contribution in [0.5, 0.6) is 5.88 Å². The highest BCUT2D eigenvalue weighted by Crippen LogP contribution is 2.30. The number of amides is 1. The number of ether oxygens (including phenoxy) is 1. The fourth-order valence-electron chi connectivity index (χ4n) is 2.97. The summed E-state index contributed by atoms with van der Waals surface area (Å²) >= 11 is 0. The van der Waals surface area contributed by atoms with E-state index in [4.69, 9.17) is 4.74 Å². The summed E-state index contributed by atoms with van der Waals surface area (Å²) in [5, 5.41) is 14.9. The first kappa shape index (κ1) is 14.7. The Morgan fingerprint density at radius 3 is 3.04 bits per heavy atom. The number of pyridine rings is 1. The molecule has 1 saturated heterocycles. The van der Waals surface area contributed by atoms with E-state index < -0.39 is 0 Å². The van der Waals surface area contributed by atoms with E-state index in [0.29, 0.717) is 18.8 Å². The Morgan fingerprint density at radius 1 is 1.46 bits per heavy atom. The molecule has 1 fully saturated rings. The van der Waals surface area contributed by atoms with Crippen LogP contribution in [0.2, 0.25) is 0 Å². The third kappa shape index (κ3) is 2.60. The molecule has 0 aromatic carbocycles. The van der Waals surface area contributed by atoms with E-state index in [2.05, 4.69) is 25.6 Å². The molecule has 1 aliphatic heterocycles. The van der Waals surface area contributed by atoms with E-state index in [-0.39, 0.29) is 17.9 Å². The molecular weight excluding hydrogens is 308 g/mol. The zero-order chi connectivity index (χ0) is 16.7. The van der Waals surface area contributed by atoms with Gasteiger partial charge in [-0.3, -0.25) is 14.6 Å². The number of rotatable bonds is 4. The Morgan fingerprint density at radius 2 is 2.33 bits per heavy atom. The lowest BCUT2D eigenvalue weighted by Crippen LogP contribution is -2.26. The number of hydrogen-bond acceptors (Lipinski definition) is 5. The summed E-state index contributed by atoms with van der Waals surface area (Å²) in [4.78, 5) is 16.1. The van der Waals surface area contributed by atoms with Crippen molar-refractivity contribution in [3.8, 4) is 17.1 Å². The highest BCUT2D eigenvalue weighted by molar-refractivity contribution is 5.86. The first-order valence-electron chi connectivity index (χ1n) is 7.87. The van der Waals surface area contributed by atoms with Crippen molar-refractivity contribution in [2.75, 3.05) is 6.54 Å². The molecule has 0 radical (unpaired) electrons. The lowest BCUT2D eigenvalue weighted by Gasteiger charge is -2.19. The Hall–Kier alpha value is -2.90. The first-order chi connectivity index (χ1) is 11.6. The normalized spacial score (nSPS) is 18.8. The predicted molar refractivity (Wildman–Crippen MR) is 87.3 cm³/mol. The van der Waals surface area contributed by atoms with Crippen LogP contribution in [-0.2, 0) is 11.8 Å². The summed E-state index contributed by atoms with van der Waals surface area (Å²) in [6, 6.07) is 1.92. The van der Waals surface area contributed by atoms with Gasteiger partial charge in [0.2, 0.25) is 11.8 Å². The Bertz CT molecular complexity index is 885. The summed E-state index contributed by atoms with van der Waals surface area (Å²) < 4.78 is 7.86. The maximum absolute atomic E-state index is 11.4. The van der Waals surface area contributed by atoms with Gasteiger partial charge < -0.3 is 10.1 Å². The molecule has 0 unspecified atom stereocenters. The molecule has 8 heteroatoms. The molecule has 124 valence electrons. The molecule has 4 heterocycles. The van der Waals surface area contributed by atoms with Crippen LogP contribution >= 0.6 is 0 Å². The van der Waals surface area contributed by atoms with Gasteiger partial charge >= 0.3 is 0 Å². The average Bonchev–Trinajstić information content (AvgIpc) is 3.26. The third-order valence-corrected chi connectivity index (χ3v) is 4.35. The largest absolute Gasteiger partial charge is 0.474 e. The Labute approximate surface area is 138 Å². The molecule has 3 aromatic heterocycles. The molecule has 1 amide bonds. The molecule has 3 aromatic rings. The number of aromatic amines is 1. The molecule has 0 saturated carbocycles. The van der Waals surface area contributed by atoms with E-state index in [1.54, 1.807) is 17.1 Å². The fraction of sp³-hybridized carbons (Fsp3) is 0.375. The van der Waals surface area contributed by atoms with E-state index >= 15 is 0 Å². The average molecular weight is 326 g/mol. The summed E-state index contributed by atoms with van der Waals surface area (Å²) in [5.41, 5.74) is 2.43. The number of aryl methyl sites for hydroxylation is 1. The molecule has 4 rings (SSSR count). The summed E-state index contributed by atoms with van der Waals surface area (Å²) in [5.74, 6) is 0.745. The van der Waals surface area contributed by atoms with Gasteiger partial charge in [0.1, 0.15) is 6.10 Å². The van der Waals surface area contributed by atoms with Crippen molar-refractivity contribution >= 4 is 16.8 Å². The van der Waals surface area contributed by atoms with Crippen LogP contribution in [0.15, 0.2) is 24.7 Å². The summed E-state index contributed by atoms with van der Waals surface area (Å²) in [6.07, 6.45) is 5.74. The molecule has 1 aliphatic rings. The van der Waals surface area contributed by atoms with E-state index in [0.717, 1.165) is 22.2 Å². The zero-order valence-corrected chi connectivity index (χ0v) is 13.5. The second-order valence-electron chi connectivity index (χ2n) is 6.13. The molecule has 8 nitrogen and oxygen atoms in total. The number of nitrogens with zero attached hydrogens (tertiary/aromatic N) is 4. The van der Waals surface area contributed by atoms with E-state index in [1.807, 2.05) is 26.2 Å². The van der Waals surface area contributed by atoms with Gasteiger partial charge in [-0.2, -0.15) is 10.2 Å². The molecule has 2 N–H and O–H groups in total. The third-order valence-electron chi connectivity index (χ3n) is 4.35. The van der Waals surface area contributed by atoms with E-state index in [1.165, 1.54) is 0 Å². The number of hydrogen-bond donors (Lipinski definition) is 2. The van der Waals surface area contributed by atoms with Crippen molar-refractivity contribution in [3.63, 3.8) is 0 Å². The van der Waals surface area contributed by atoms with Gasteiger partial charge in [-0.25, -0.2) is 4.98 Å². The highest BCUT2D eigenvalue weighted by atomic mass is 16.5. The number of aromatic nitrogens is 5. The van der Waals surface area contributed by atoms with Crippen LogP contribution in [-0.4, -0.2) is 43.5 Å². The molecule has 0 spiro atoms. The van der Waals surface area contributed by atoms with Crippen LogP contribution in [0, 0.1) is 5.92 Å². The summed E-state index contributed by atoms with van der Waals surface area (Å²) in [6.45, 7) is 2.61. The Balaban J connectivity index is 1.71. The number of fused-ring (bicyclic) bond motifs is 1. The van der Waals surface area contributed by atoms with Gasteiger partial charge in [0.25, 0.3) is 0 Å². The standard InChI is InChI=1S/C16H18N6O2/c1-9(10-3-15(23)17-5-10)24-16-12-8-22(2)21-14(12)4-13(20-16)11-6-18-19-7-11/h4,6-10H,3,5H2,1-2H3,(H,17,23)(H,18,19)/t9-,10-/m1/s1. The second-order valence-corrected chi connectivity index (χ2v) is 6.13. The smallest absolute Gasteiger partial charge is 0.225 e. The van der Waals surface area contributed by atoms with Gasteiger partial charge in [0, 0.05) is 43.9 Å². The second kappa shape index (κ2) is 5.63. The van der Waals surface area contributed by atoms with Gasteiger partial charge in [-0.05, 0) is 13.0 Å². The van der Waals surface area contributed by atoms with Gasteiger partial charge in [-0.1, -0.05) is 0 Å². The van der Waals surface area contributed by atoms with Crippen LogP contribution in [0.1, 0.15) is 13.3 Å². The minimum absolute atomic E-state index is 0.0714. The maximum atomic E-state index is 11.4. The number of H-pyrrole nitrogens is 1. The monoisotopic (exact) mass is 326 g/mol. The van der Waals surface area contributed by atoms with Crippen LogP contribution in [0.4, 0.5) is 0 Å². The Kier molecular flexibility index (Phi) is 3.44. The first-order valence-corrected chi connectivity index (χ1v) is 7.87. The van der Waals surface area contributed by atoms with Gasteiger partial charge in [-0.15, -0.1) is 0 Å².